The third kappa shape index (κ3) is 3.58. The quantitative estimate of drug-likeness (QED) is 0.570. The molecule has 76 valence electrons. The van der Waals surface area contributed by atoms with Crippen molar-refractivity contribution in [1.82, 2.24) is 0 Å². The molecule has 0 saturated heterocycles. The second-order valence-corrected chi connectivity index (χ2v) is 3.81. The summed E-state index contributed by atoms with van der Waals surface area (Å²) in [7, 11) is 4.76. The first kappa shape index (κ1) is 12.7. The molecule has 0 unspecified atom stereocenters. The van der Waals surface area contributed by atoms with Gasteiger partial charge in [-0.2, -0.15) is 30.3 Å². The van der Waals surface area contributed by atoms with Gasteiger partial charge in [0.2, 0.25) is 0 Å². The number of ether oxygens (including phenoxy) is 1. The fourth-order valence-corrected chi connectivity index (χ4v) is 1.26. The monoisotopic (exact) mass is 273 g/mol. The molecule has 15 heavy (non-hydrogen) atoms. The first-order valence-electron chi connectivity index (χ1n) is 4.63. The molecule has 1 aromatic carbocycles. The average molecular weight is 275 g/mol. The molecule has 0 aliphatic carbocycles. The van der Waals surface area contributed by atoms with Crippen molar-refractivity contribution in [2.45, 2.75) is 19.4 Å². The summed E-state index contributed by atoms with van der Waals surface area (Å²) >= 11 is 0.847. The Bertz CT molecular complexity index is 338. The number of halogens is 1. The number of hydrogen-bond donors (Lipinski definition) is 0. The van der Waals surface area contributed by atoms with Gasteiger partial charge in [-0.3, -0.25) is 4.99 Å². The van der Waals surface area contributed by atoms with Crippen molar-refractivity contribution in [3.8, 4) is 0 Å². The molecule has 2 nitrogen and oxygen atoms in total. The van der Waals surface area contributed by atoms with Crippen molar-refractivity contribution in [3.63, 3.8) is 0 Å². The van der Waals surface area contributed by atoms with Crippen LogP contribution < -0.4 is 0 Å². The molecule has 0 spiro atoms. The second-order valence-electron chi connectivity index (χ2n) is 3.81. The van der Waals surface area contributed by atoms with Crippen molar-refractivity contribution in [1.29, 1.82) is 0 Å². The van der Waals surface area contributed by atoms with Gasteiger partial charge in [0.1, 0.15) is 6.61 Å². The first-order valence-corrected chi connectivity index (χ1v) is 8.53. The minimum atomic E-state index is -0.0782. The Labute approximate surface area is 104 Å². The fourth-order valence-electron chi connectivity index (χ4n) is 1.26. The van der Waals surface area contributed by atoms with Gasteiger partial charge >= 0.3 is 27.0 Å². The van der Waals surface area contributed by atoms with E-state index in [9.17, 15) is 0 Å². The second kappa shape index (κ2) is 5.62. The van der Waals surface area contributed by atoms with E-state index < -0.39 is 0 Å². The van der Waals surface area contributed by atoms with Crippen LogP contribution in [0.25, 0.3) is 0 Å². The fraction of sp³-hybridized carbons (Fsp3) is 0.364. The first-order chi connectivity index (χ1) is 7.17. The standard InChI is InChI=1S/C11H12NO.ClH.Zn/c1-11(2)8-13-10(12-11)9-6-4-3-5-7-9;;/h3-4,6-7H,8H2,1-2H3;1H;/q-1;;+2/p-1. The van der Waals surface area contributed by atoms with Crippen molar-refractivity contribution in [3.05, 3.63) is 35.9 Å². The van der Waals surface area contributed by atoms with Gasteiger partial charge in [0.15, 0.2) is 5.90 Å². The van der Waals surface area contributed by atoms with Crippen molar-refractivity contribution in [2.75, 3.05) is 6.61 Å². The number of aliphatic imine (C=N–C) groups is 1. The van der Waals surface area contributed by atoms with Gasteiger partial charge in [-0.1, -0.05) is 5.56 Å². The van der Waals surface area contributed by atoms with Crippen LogP contribution in [0.1, 0.15) is 19.4 Å². The van der Waals surface area contributed by atoms with Gasteiger partial charge in [0.05, 0.1) is 5.54 Å². The zero-order valence-electron chi connectivity index (χ0n) is 8.96. The Balaban J connectivity index is 0.000000531. The molecule has 0 radical (unpaired) electrons. The van der Waals surface area contributed by atoms with E-state index in [0.29, 0.717) is 6.61 Å². The van der Waals surface area contributed by atoms with Gasteiger partial charge in [0, 0.05) is 0 Å². The molecule has 0 fully saturated rings. The summed E-state index contributed by atoms with van der Waals surface area (Å²) in [5, 5.41) is 0. The zero-order chi connectivity index (χ0) is 11.3. The van der Waals surface area contributed by atoms with E-state index in [1.165, 1.54) is 0 Å². The number of benzene rings is 1. The van der Waals surface area contributed by atoms with Gasteiger partial charge in [-0.15, -0.1) is 0 Å². The normalized spacial score (nSPS) is 17.3. The van der Waals surface area contributed by atoms with Crippen LogP contribution in [-0.2, 0) is 22.0 Å². The summed E-state index contributed by atoms with van der Waals surface area (Å²) in [4.78, 5) is 4.47. The van der Waals surface area contributed by atoms with Crippen LogP contribution in [0.4, 0.5) is 0 Å². The van der Waals surface area contributed by atoms with Gasteiger partial charge in [-0.25, -0.2) is 0 Å². The Hall–Kier alpha value is -0.397. The number of nitrogens with zero attached hydrogens (tertiary/aromatic N) is 1. The Kier molecular flexibility index (Phi) is 4.75. The van der Waals surface area contributed by atoms with E-state index in [0.717, 1.165) is 28.8 Å². The molecular weight excluding hydrogens is 263 g/mol. The molecule has 0 saturated carbocycles. The zero-order valence-corrected chi connectivity index (χ0v) is 12.7. The van der Waals surface area contributed by atoms with E-state index in [4.69, 9.17) is 14.4 Å². The average Bonchev–Trinajstić information content (AvgIpc) is 2.63. The van der Waals surface area contributed by atoms with Crippen LogP contribution in [-0.4, -0.2) is 18.0 Å². The van der Waals surface area contributed by atoms with Crippen LogP contribution >= 0.6 is 9.69 Å². The molecule has 1 aromatic rings. The Morgan fingerprint density at radius 1 is 1.53 bits per heavy atom. The summed E-state index contributed by atoms with van der Waals surface area (Å²) in [5.74, 6) is 0.738. The van der Waals surface area contributed by atoms with E-state index in [-0.39, 0.29) is 5.54 Å². The molecular formula is C11H12ClNOZn. The molecule has 0 aromatic heterocycles. The maximum atomic E-state index is 5.48. The third-order valence-electron chi connectivity index (χ3n) is 1.92. The van der Waals surface area contributed by atoms with Crippen LogP contribution in [0.2, 0.25) is 0 Å². The van der Waals surface area contributed by atoms with Crippen molar-refractivity contribution < 1.29 is 22.0 Å². The molecule has 0 amide bonds. The van der Waals surface area contributed by atoms with E-state index in [1.807, 2.05) is 24.3 Å². The van der Waals surface area contributed by atoms with Gasteiger partial charge in [-0.05, 0) is 13.8 Å². The van der Waals surface area contributed by atoms with E-state index >= 15 is 0 Å². The number of rotatable bonds is 1. The predicted octanol–water partition coefficient (Wildman–Crippen LogP) is 2.73. The summed E-state index contributed by atoms with van der Waals surface area (Å²) in [6.07, 6.45) is 0. The molecule has 1 heterocycles. The van der Waals surface area contributed by atoms with Gasteiger partial charge < -0.3 is 4.74 Å². The predicted molar refractivity (Wildman–Crippen MR) is 57.7 cm³/mol. The minimum absolute atomic E-state index is 0.0782. The summed E-state index contributed by atoms with van der Waals surface area (Å²) in [5.41, 5.74) is 0.929. The molecule has 1 aliphatic rings. The van der Waals surface area contributed by atoms with E-state index in [1.54, 1.807) is 0 Å². The molecule has 2 rings (SSSR count). The van der Waals surface area contributed by atoms with Crippen LogP contribution in [0.5, 0.6) is 0 Å². The topological polar surface area (TPSA) is 21.6 Å². The third-order valence-corrected chi connectivity index (χ3v) is 1.92. The molecule has 0 N–H and O–H groups in total. The van der Waals surface area contributed by atoms with Crippen LogP contribution in [0, 0.1) is 6.07 Å². The molecule has 0 atom stereocenters. The molecule has 0 bridgehead atoms. The summed E-state index contributed by atoms with van der Waals surface area (Å²) in [6, 6.07) is 10.7. The van der Waals surface area contributed by atoms with Crippen molar-refractivity contribution >= 4 is 15.6 Å². The van der Waals surface area contributed by atoms with E-state index in [2.05, 4.69) is 24.9 Å². The maximum absolute atomic E-state index is 5.48. The van der Waals surface area contributed by atoms with Crippen molar-refractivity contribution in [2.24, 2.45) is 4.99 Å². The van der Waals surface area contributed by atoms with Crippen LogP contribution in [0.15, 0.2) is 29.3 Å². The van der Waals surface area contributed by atoms with Crippen LogP contribution in [0.3, 0.4) is 0 Å². The Morgan fingerprint density at radius 2 is 2.27 bits per heavy atom. The molecule has 4 heteroatoms. The summed E-state index contributed by atoms with van der Waals surface area (Å²) in [6.45, 7) is 4.79. The summed E-state index contributed by atoms with van der Waals surface area (Å²) < 4.78 is 5.48. The van der Waals surface area contributed by atoms with Gasteiger partial charge in [0.25, 0.3) is 0 Å². The SMILES string of the molecule is CC1(C)COC(c2c[c-]ccc2)=N1.[Cl][Zn+]. The molecule has 1 aliphatic heterocycles. The number of hydrogen-bond acceptors (Lipinski definition) is 2. The Morgan fingerprint density at radius 3 is 2.73 bits per heavy atom.